The molecule has 0 aliphatic heterocycles. The average molecular weight is 363 g/mol. The van der Waals surface area contributed by atoms with Crippen molar-refractivity contribution in [3.63, 3.8) is 0 Å². The van der Waals surface area contributed by atoms with Crippen molar-refractivity contribution in [2.24, 2.45) is 0 Å². The fourth-order valence-electron chi connectivity index (χ4n) is 2.29. The van der Waals surface area contributed by atoms with Crippen LogP contribution < -0.4 is 10.1 Å². The number of carbonyl (C=O) groups is 2. The molecule has 0 atom stereocenters. The average Bonchev–Trinajstić information content (AvgIpc) is 2.92. The van der Waals surface area contributed by atoms with Crippen LogP contribution in [0.5, 0.6) is 5.75 Å². The Hall–Kier alpha value is -2.70. The van der Waals surface area contributed by atoms with E-state index in [1.165, 1.54) is 0 Å². The minimum absolute atomic E-state index is 0.168. The summed E-state index contributed by atoms with van der Waals surface area (Å²) in [7, 11) is 0. The van der Waals surface area contributed by atoms with E-state index in [-0.39, 0.29) is 12.4 Å². The van der Waals surface area contributed by atoms with Crippen LogP contribution in [0.15, 0.2) is 28.9 Å². The van der Waals surface area contributed by atoms with Crippen molar-refractivity contribution < 1.29 is 28.2 Å². The Morgan fingerprint density at radius 1 is 1.23 bits per heavy atom. The van der Waals surface area contributed by atoms with Crippen molar-refractivity contribution in [1.82, 2.24) is 5.32 Å². The highest BCUT2D eigenvalue weighted by molar-refractivity contribution is 5.86. The molecular weight excluding hydrogens is 338 g/mol. The number of ether oxygens (including phenoxy) is 3. The highest BCUT2D eigenvalue weighted by Gasteiger charge is 2.15. The minimum atomic E-state index is -0.531. The topological polar surface area (TPSA) is 87.0 Å². The van der Waals surface area contributed by atoms with Crippen molar-refractivity contribution in [3.05, 3.63) is 30.0 Å². The van der Waals surface area contributed by atoms with Gasteiger partial charge in [-0.3, -0.25) is 4.79 Å². The highest BCUT2D eigenvalue weighted by atomic mass is 16.6. The van der Waals surface area contributed by atoms with Gasteiger partial charge in [0, 0.05) is 17.0 Å². The van der Waals surface area contributed by atoms with E-state index < -0.39 is 11.7 Å². The molecule has 0 fully saturated rings. The summed E-state index contributed by atoms with van der Waals surface area (Å²) < 4.78 is 21.2. The number of esters is 1. The fraction of sp³-hybridized carbons (Fsp3) is 0.474. The van der Waals surface area contributed by atoms with E-state index in [0.717, 1.165) is 10.9 Å². The van der Waals surface area contributed by atoms with Crippen LogP contribution in [0.3, 0.4) is 0 Å². The molecule has 2 rings (SSSR count). The molecule has 0 bridgehead atoms. The molecule has 1 N–H and O–H groups in total. The van der Waals surface area contributed by atoms with Crippen LogP contribution in [0.2, 0.25) is 0 Å². The first-order chi connectivity index (χ1) is 12.3. The Morgan fingerprint density at radius 3 is 2.69 bits per heavy atom. The Balaban J connectivity index is 1.86. The number of carbonyl (C=O) groups excluding carboxylic acids is 2. The number of rotatable bonds is 7. The van der Waals surface area contributed by atoms with E-state index in [9.17, 15) is 9.59 Å². The SMILES string of the molecule is CCOC(=O)Cc1coc2cc(OCCNC(=O)OC(C)(C)C)ccc12. The molecular formula is C19H25NO6. The minimum Gasteiger partial charge on any atom is -0.492 e. The zero-order valence-electron chi connectivity index (χ0n) is 15.6. The maximum atomic E-state index is 11.6. The Kier molecular flexibility index (Phi) is 6.49. The normalized spacial score (nSPS) is 11.2. The van der Waals surface area contributed by atoms with Gasteiger partial charge in [-0.15, -0.1) is 0 Å². The largest absolute Gasteiger partial charge is 0.492 e. The monoisotopic (exact) mass is 363 g/mol. The summed E-state index contributed by atoms with van der Waals surface area (Å²) in [5.41, 5.74) is 0.870. The lowest BCUT2D eigenvalue weighted by molar-refractivity contribution is -0.142. The molecule has 0 aliphatic rings. The maximum absolute atomic E-state index is 11.6. The van der Waals surface area contributed by atoms with E-state index in [0.29, 0.717) is 31.1 Å². The summed E-state index contributed by atoms with van der Waals surface area (Å²) in [6, 6.07) is 5.38. The van der Waals surface area contributed by atoms with Crippen LogP contribution in [0, 0.1) is 0 Å². The van der Waals surface area contributed by atoms with Crippen LogP contribution in [0.25, 0.3) is 11.0 Å². The third-order valence-electron chi connectivity index (χ3n) is 3.31. The zero-order chi connectivity index (χ0) is 19.2. The molecule has 26 heavy (non-hydrogen) atoms. The third-order valence-corrected chi connectivity index (χ3v) is 3.31. The zero-order valence-corrected chi connectivity index (χ0v) is 15.6. The van der Waals surface area contributed by atoms with Gasteiger partial charge in [-0.2, -0.15) is 0 Å². The molecule has 7 nitrogen and oxygen atoms in total. The second kappa shape index (κ2) is 8.60. The molecule has 142 valence electrons. The first kappa shape index (κ1) is 19.6. The van der Waals surface area contributed by atoms with E-state index in [1.54, 1.807) is 46.1 Å². The molecule has 7 heteroatoms. The van der Waals surface area contributed by atoms with Crippen LogP contribution >= 0.6 is 0 Å². The standard InChI is InChI=1S/C19H25NO6/c1-5-23-17(21)10-13-12-25-16-11-14(6-7-15(13)16)24-9-8-20-18(22)26-19(2,3)4/h6-7,11-12H,5,8-10H2,1-4H3,(H,20,22). The number of hydrogen-bond acceptors (Lipinski definition) is 6. The van der Waals surface area contributed by atoms with E-state index in [2.05, 4.69) is 5.32 Å². The van der Waals surface area contributed by atoms with Crippen molar-refractivity contribution in [1.29, 1.82) is 0 Å². The van der Waals surface area contributed by atoms with Crippen LogP contribution in [0.4, 0.5) is 4.79 Å². The summed E-state index contributed by atoms with van der Waals surface area (Å²) in [5, 5.41) is 3.47. The predicted molar refractivity (Wildman–Crippen MR) is 96.3 cm³/mol. The number of furan rings is 1. The molecule has 1 aromatic heterocycles. The van der Waals surface area contributed by atoms with Crippen molar-refractivity contribution in [3.8, 4) is 5.75 Å². The first-order valence-corrected chi connectivity index (χ1v) is 8.54. The summed E-state index contributed by atoms with van der Waals surface area (Å²) in [4.78, 5) is 23.1. The highest BCUT2D eigenvalue weighted by Crippen LogP contribution is 2.26. The number of benzene rings is 1. The van der Waals surface area contributed by atoms with Gasteiger partial charge < -0.3 is 23.9 Å². The van der Waals surface area contributed by atoms with E-state index in [4.69, 9.17) is 18.6 Å². The van der Waals surface area contributed by atoms with E-state index in [1.807, 2.05) is 6.07 Å². The Morgan fingerprint density at radius 2 is 2.00 bits per heavy atom. The van der Waals surface area contributed by atoms with Gasteiger partial charge in [0.05, 0.1) is 25.8 Å². The smallest absolute Gasteiger partial charge is 0.407 e. The van der Waals surface area contributed by atoms with Crippen molar-refractivity contribution in [2.45, 2.75) is 39.7 Å². The number of hydrogen-bond donors (Lipinski definition) is 1. The molecule has 2 aromatic rings. The summed E-state index contributed by atoms with van der Waals surface area (Å²) >= 11 is 0. The van der Waals surface area contributed by atoms with Gasteiger partial charge in [0.25, 0.3) is 0 Å². The van der Waals surface area contributed by atoms with Crippen molar-refractivity contribution in [2.75, 3.05) is 19.8 Å². The van der Waals surface area contributed by atoms with Crippen LogP contribution in [0.1, 0.15) is 33.3 Å². The van der Waals surface area contributed by atoms with Gasteiger partial charge in [-0.05, 0) is 39.8 Å². The lowest BCUT2D eigenvalue weighted by atomic mass is 10.1. The Bertz CT molecular complexity index is 759. The molecule has 1 amide bonds. The second-order valence-electron chi connectivity index (χ2n) is 6.68. The van der Waals surface area contributed by atoms with E-state index >= 15 is 0 Å². The fourth-order valence-corrected chi connectivity index (χ4v) is 2.29. The van der Waals surface area contributed by atoms with Gasteiger partial charge in [-0.1, -0.05) is 0 Å². The predicted octanol–water partition coefficient (Wildman–Crippen LogP) is 3.44. The molecule has 0 radical (unpaired) electrons. The summed E-state index contributed by atoms with van der Waals surface area (Å²) in [5.74, 6) is 0.323. The number of nitrogens with one attached hydrogen (secondary N) is 1. The third kappa shape index (κ3) is 5.98. The molecule has 0 unspecified atom stereocenters. The number of alkyl carbamates (subject to hydrolysis) is 1. The molecule has 0 spiro atoms. The lowest BCUT2D eigenvalue weighted by Crippen LogP contribution is -2.34. The number of fused-ring (bicyclic) bond motifs is 1. The van der Waals surface area contributed by atoms with Gasteiger partial charge in [0.1, 0.15) is 23.5 Å². The Labute approximate surface area is 152 Å². The first-order valence-electron chi connectivity index (χ1n) is 8.54. The lowest BCUT2D eigenvalue weighted by Gasteiger charge is -2.19. The summed E-state index contributed by atoms with van der Waals surface area (Å²) in [6.45, 7) is 8.14. The van der Waals surface area contributed by atoms with Gasteiger partial charge in [-0.25, -0.2) is 4.79 Å². The quantitative estimate of drug-likeness (QED) is 0.599. The van der Waals surface area contributed by atoms with Crippen molar-refractivity contribution >= 4 is 23.0 Å². The van der Waals surface area contributed by atoms with Crippen LogP contribution in [-0.4, -0.2) is 37.4 Å². The van der Waals surface area contributed by atoms with Gasteiger partial charge >= 0.3 is 12.1 Å². The molecule has 0 saturated carbocycles. The van der Waals surface area contributed by atoms with Gasteiger partial charge in [0.15, 0.2) is 0 Å². The molecule has 1 heterocycles. The summed E-state index contributed by atoms with van der Waals surface area (Å²) in [6.07, 6.45) is 1.24. The molecule has 0 saturated heterocycles. The maximum Gasteiger partial charge on any atom is 0.407 e. The van der Waals surface area contributed by atoms with Crippen LogP contribution in [-0.2, 0) is 20.7 Å². The van der Waals surface area contributed by atoms with Gasteiger partial charge in [0.2, 0.25) is 0 Å². The second-order valence-corrected chi connectivity index (χ2v) is 6.68. The molecule has 1 aromatic carbocycles. The number of amides is 1. The molecule has 0 aliphatic carbocycles.